The molecule has 0 bridgehead atoms. The SMILES string of the molecule is Cc1ccsc1N1C(=C/C=C2/C(=O)c3cc4ccc(-c5ccc6nc7c(nc6c5)N(c5cc6ccccc6s5)/C(=C\C=C5C(=O)c6cc8ccccc8cc6C5=O)N7c5cc6ccccc6s5)cc4cc3C2=O)N(c2sccc2C)c2nc3ccccc3nc21. The highest BCUT2D eigenvalue weighted by atomic mass is 32.1. The van der Waals surface area contributed by atoms with Gasteiger partial charge in [0.2, 0.25) is 0 Å². The molecule has 0 fully saturated rings. The van der Waals surface area contributed by atoms with Gasteiger partial charge in [-0.25, -0.2) is 19.9 Å². The highest BCUT2D eigenvalue weighted by Gasteiger charge is 2.42. The molecule has 426 valence electrons. The summed E-state index contributed by atoms with van der Waals surface area (Å²) < 4.78 is 2.17. The summed E-state index contributed by atoms with van der Waals surface area (Å²) in [6, 6.07) is 59.9. The van der Waals surface area contributed by atoms with E-state index in [0.29, 0.717) is 68.2 Å². The van der Waals surface area contributed by atoms with E-state index in [-0.39, 0.29) is 34.3 Å². The van der Waals surface area contributed by atoms with E-state index in [9.17, 15) is 19.2 Å². The number of rotatable bonds is 7. The predicted octanol–water partition coefficient (Wildman–Crippen LogP) is 19.0. The van der Waals surface area contributed by atoms with Gasteiger partial charge in [0.1, 0.15) is 31.6 Å². The zero-order chi connectivity index (χ0) is 60.2. The third kappa shape index (κ3) is 7.95. The normalized spacial score (nSPS) is 15.4. The number of fused-ring (bicyclic) bond motifs is 10. The molecule has 12 nitrogen and oxygen atoms in total. The van der Waals surface area contributed by atoms with Crippen LogP contribution < -0.4 is 19.6 Å². The second-order valence-corrected chi connectivity index (χ2v) is 26.5. The number of carbonyl (C=O) groups is 4. The second-order valence-electron chi connectivity index (χ2n) is 22.6. The number of nitrogens with zero attached hydrogens (tertiary/aromatic N) is 8. The van der Waals surface area contributed by atoms with Gasteiger partial charge in [0.05, 0.1) is 33.2 Å². The number of Topliss-reactive ketones (excluding diaryl/α,β-unsaturated/α-hetero) is 4. The topological polar surface area (TPSA) is 133 Å². The molecule has 0 spiro atoms. The van der Waals surface area contributed by atoms with E-state index in [1.807, 2.05) is 140 Å². The lowest BCUT2D eigenvalue weighted by Crippen LogP contribution is -2.21. The lowest BCUT2D eigenvalue weighted by Gasteiger charge is -2.23. The van der Waals surface area contributed by atoms with Crippen molar-refractivity contribution in [3.05, 3.63) is 273 Å². The van der Waals surface area contributed by atoms with E-state index in [2.05, 4.69) is 98.8 Å². The van der Waals surface area contributed by atoms with Gasteiger partial charge in [-0.15, -0.1) is 45.3 Å². The summed E-state index contributed by atoms with van der Waals surface area (Å²) in [6.45, 7) is 4.13. The Kier molecular flexibility index (Phi) is 11.5. The van der Waals surface area contributed by atoms with Crippen LogP contribution in [0.3, 0.4) is 0 Å². The van der Waals surface area contributed by atoms with Crippen molar-refractivity contribution in [2.75, 3.05) is 19.6 Å². The standard InChI is InChI=1S/C74H42N8O4S4/c1-39-27-29-87-73(39)81-62(82(74-40(2)28-30-88-74)72-71(81)75-55-15-7-8-16-56(55)76-72)26-23-50-67(85)53-34-44-20-19-43(31-48(44)35-54(53)68(50)86)45-21-24-57-58(36-45)78-70-69(77-57)79(63-37-46-13-5-9-17-59(46)89-63)61(80(70)64-38-47-14-6-10-18-60(47)90-64)25-22-49-65(83)51-32-41-11-3-4-12-42(41)33-52(51)66(49)84/h3-38H,1-2H3/b50-23-,61-25-. The molecule has 4 aliphatic rings. The van der Waals surface area contributed by atoms with E-state index >= 15 is 0 Å². The lowest BCUT2D eigenvalue weighted by molar-refractivity contribution is 0.0973. The molecule has 0 amide bonds. The van der Waals surface area contributed by atoms with Crippen molar-refractivity contribution >= 4 is 176 Å². The molecule has 14 aromatic rings. The molecule has 90 heavy (non-hydrogen) atoms. The fraction of sp³-hybridized carbons (Fsp3) is 0.0270. The number of benzene rings is 8. The van der Waals surface area contributed by atoms with Gasteiger partial charge in [0.15, 0.2) is 46.4 Å². The van der Waals surface area contributed by atoms with Gasteiger partial charge >= 0.3 is 0 Å². The number of aromatic nitrogens is 4. The van der Waals surface area contributed by atoms with E-state index in [4.69, 9.17) is 19.9 Å². The van der Waals surface area contributed by atoms with Gasteiger partial charge in [-0.05, 0) is 194 Å². The van der Waals surface area contributed by atoms with Crippen LogP contribution in [-0.4, -0.2) is 43.1 Å². The maximum Gasteiger partial charge on any atom is 0.197 e. The lowest BCUT2D eigenvalue weighted by atomic mass is 9.97. The number of para-hydroxylation sites is 2. The van der Waals surface area contributed by atoms with Crippen molar-refractivity contribution in [2.24, 2.45) is 0 Å². The Morgan fingerprint density at radius 1 is 0.344 bits per heavy atom. The van der Waals surface area contributed by atoms with Crippen LogP contribution in [0, 0.1) is 13.8 Å². The molecule has 2 aliphatic carbocycles. The first-order valence-electron chi connectivity index (χ1n) is 29.0. The predicted molar refractivity (Wildman–Crippen MR) is 366 cm³/mol. The molecule has 0 radical (unpaired) electrons. The van der Waals surface area contributed by atoms with Crippen molar-refractivity contribution in [1.82, 2.24) is 19.9 Å². The maximum atomic E-state index is 14.7. The van der Waals surface area contributed by atoms with E-state index in [0.717, 1.165) is 95.0 Å². The average Bonchev–Trinajstić information content (AvgIpc) is 1.63. The first-order chi connectivity index (χ1) is 44.1. The summed E-state index contributed by atoms with van der Waals surface area (Å²) in [7, 11) is 0. The van der Waals surface area contributed by atoms with Crippen LogP contribution in [-0.2, 0) is 0 Å². The molecule has 16 heteroatoms. The minimum Gasteiger partial charge on any atom is -0.288 e. The monoisotopic (exact) mass is 1230 g/mol. The van der Waals surface area contributed by atoms with Crippen LogP contribution in [0.2, 0.25) is 0 Å². The van der Waals surface area contributed by atoms with Crippen LogP contribution in [0.15, 0.2) is 240 Å². The van der Waals surface area contributed by atoms with Gasteiger partial charge in [-0.1, -0.05) is 91.0 Å². The minimum absolute atomic E-state index is 0.0755. The van der Waals surface area contributed by atoms with Crippen molar-refractivity contribution in [1.29, 1.82) is 0 Å². The van der Waals surface area contributed by atoms with Gasteiger partial charge in [-0.2, -0.15) is 0 Å². The number of hydrogen-bond donors (Lipinski definition) is 0. The number of ketones is 4. The molecule has 0 unspecified atom stereocenters. The number of allylic oxidation sites excluding steroid dienone is 6. The maximum absolute atomic E-state index is 14.7. The molecule has 2 aliphatic heterocycles. The number of anilines is 8. The molecule has 0 saturated heterocycles. The fourth-order valence-electron chi connectivity index (χ4n) is 12.8. The zero-order valence-corrected chi connectivity index (χ0v) is 50.9. The molecule has 0 saturated carbocycles. The molecule has 6 aromatic heterocycles. The Morgan fingerprint density at radius 2 is 0.733 bits per heavy atom. The van der Waals surface area contributed by atoms with Crippen LogP contribution in [0.4, 0.5) is 43.3 Å². The first-order valence-corrected chi connectivity index (χ1v) is 32.4. The van der Waals surface area contributed by atoms with Gasteiger partial charge in [-0.3, -0.25) is 38.8 Å². The molecule has 0 atom stereocenters. The van der Waals surface area contributed by atoms with Crippen molar-refractivity contribution in [2.45, 2.75) is 13.8 Å². The van der Waals surface area contributed by atoms with Gasteiger partial charge < -0.3 is 0 Å². The average molecular weight is 1240 g/mol. The Morgan fingerprint density at radius 3 is 1.21 bits per heavy atom. The van der Waals surface area contributed by atoms with E-state index in [1.54, 1.807) is 57.5 Å². The quantitative estimate of drug-likeness (QED) is 0.111. The van der Waals surface area contributed by atoms with E-state index in [1.165, 1.54) is 0 Å². The second kappa shape index (κ2) is 19.8. The molecule has 8 aromatic carbocycles. The Balaban J connectivity index is 0.734. The summed E-state index contributed by atoms with van der Waals surface area (Å²) in [6.07, 6.45) is 7.05. The molecule has 18 rings (SSSR count). The number of thiophene rings is 4. The summed E-state index contributed by atoms with van der Waals surface area (Å²) in [5, 5.41) is 13.3. The van der Waals surface area contributed by atoms with Crippen molar-refractivity contribution < 1.29 is 19.2 Å². The van der Waals surface area contributed by atoms with Crippen molar-refractivity contribution in [3.8, 4) is 11.1 Å². The molecule has 8 heterocycles. The largest absolute Gasteiger partial charge is 0.288 e. The van der Waals surface area contributed by atoms with Crippen molar-refractivity contribution in [3.63, 3.8) is 0 Å². The molecular formula is C74H42N8O4S4. The number of carbonyl (C=O) groups excluding carboxylic acids is 4. The third-order valence-electron chi connectivity index (χ3n) is 17.2. The summed E-state index contributed by atoms with van der Waals surface area (Å²) in [5.41, 5.74) is 8.33. The fourth-order valence-corrected chi connectivity index (χ4v) is 16.8. The smallest absolute Gasteiger partial charge is 0.197 e. The molecular weight excluding hydrogens is 1190 g/mol. The first kappa shape index (κ1) is 52.3. The van der Waals surface area contributed by atoms with Crippen LogP contribution in [0.5, 0.6) is 0 Å². The summed E-state index contributed by atoms with van der Waals surface area (Å²) >= 11 is 6.42. The molecule has 0 N–H and O–H groups in total. The van der Waals surface area contributed by atoms with Crippen LogP contribution in [0.25, 0.3) is 74.9 Å². The summed E-state index contributed by atoms with van der Waals surface area (Å²) in [5.74, 6) is 2.52. The van der Waals surface area contributed by atoms with Gasteiger partial charge in [0, 0.05) is 31.7 Å². The Labute approximate surface area is 528 Å². The Bertz CT molecular complexity index is 5530. The minimum atomic E-state index is -0.345. The van der Waals surface area contributed by atoms with Gasteiger partial charge in [0.25, 0.3) is 0 Å². The third-order valence-corrected chi connectivity index (χ3v) is 21.4. The highest BCUT2D eigenvalue weighted by Crippen LogP contribution is 2.55. The van der Waals surface area contributed by atoms with Crippen LogP contribution >= 0.6 is 45.3 Å². The summed E-state index contributed by atoms with van der Waals surface area (Å²) in [4.78, 5) is 87.5. The number of aryl methyl sites for hydroxylation is 2. The van der Waals surface area contributed by atoms with Crippen LogP contribution in [0.1, 0.15) is 52.6 Å². The number of hydrogen-bond acceptors (Lipinski definition) is 16. The van der Waals surface area contributed by atoms with E-state index < -0.39 is 0 Å². The Hall–Kier alpha value is -10.9. The highest BCUT2D eigenvalue weighted by molar-refractivity contribution is 7.23. The zero-order valence-electron chi connectivity index (χ0n) is 47.6.